The minimum Gasteiger partial charge on any atom is -0.340 e. The van der Waals surface area contributed by atoms with E-state index in [2.05, 4.69) is 29.4 Å². The molecular formula is C21H22N4O. The zero-order chi connectivity index (χ0) is 17.9. The fourth-order valence-corrected chi connectivity index (χ4v) is 3.49. The van der Waals surface area contributed by atoms with Gasteiger partial charge in [-0.25, -0.2) is 4.68 Å². The lowest BCUT2D eigenvalue weighted by Crippen LogP contribution is -2.30. The summed E-state index contributed by atoms with van der Waals surface area (Å²) in [5.41, 5.74) is 4.19. The molecule has 1 saturated heterocycles. The van der Waals surface area contributed by atoms with Crippen molar-refractivity contribution in [3.63, 3.8) is 0 Å². The highest BCUT2D eigenvalue weighted by atomic mass is 16.2. The van der Waals surface area contributed by atoms with Crippen molar-refractivity contribution < 1.29 is 4.79 Å². The molecule has 26 heavy (non-hydrogen) atoms. The van der Waals surface area contributed by atoms with Crippen LogP contribution in [0.1, 0.15) is 23.6 Å². The van der Waals surface area contributed by atoms with Crippen molar-refractivity contribution in [3.8, 4) is 11.3 Å². The molecule has 0 N–H and O–H groups in total. The Kier molecular flexibility index (Phi) is 4.52. The lowest BCUT2D eigenvalue weighted by Gasteiger charge is -2.16. The molecule has 0 bridgehead atoms. The van der Waals surface area contributed by atoms with Crippen molar-refractivity contribution >= 4 is 5.91 Å². The molecule has 1 fully saturated rings. The number of carbonyl (C=O) groups excluding carboxylic acids is 1. The smallest absolute Gasteiger partial charge is 0.227 e. The third kappa shape index (κ3) is 3.52. The molecule has 0 saturated carbocycles. The Hall–Kier alpha value is -2.95. The maximum Gasteiger partial charge on any atom is 0.227 e. The Balaban J connectivity index is 1.41. The monoisotopic (exact) mass is 346 g/mol. The van der Waals surface area contributed by atoms with Gasteiger partial charge in [0.15, 0.2) is 0 Å². The van der Waals surface area contributed by atoms with Crippen molar-refractivity contribution in [2.45, 2.75) is 25.8 Å². The second-order valence-corrected chi connectivity index (χ2v) is 6.90. The number of likely N-dealkylation sites (tertiary alicyclic amines) is 1. The summed E-state index contributed by atoms with van der Waals surface area (Å²) in [6.45, 7) is 3.52. The summed E-state index contributed by atoms with van der Waals surface area (Å²) >= 11 is 0. The Morgan fingerprint density at radius 2 is 2.00 bits per heavy atom. The van der Waals surface area contributed by atoms with Gasteiger partial charge >= 0.3 is 0 Å². The number of hydrogen-bond acceptors (Lipinski definition) is 3. The summed E-state index contributed by atoms with van der Waals surface area (Å²) in [5.74, 6) is 0.182. The average molecular weight is 346 g/mol. The molecular weight excluding hydrogens is 324 g/mol. The third-order valence-corrected chi connectivity index (χ3v) is 4.91. The Bertz CT molecular complexity index is 903. The topological polar surface area (TPSA) is 51.0 Å². The number of aromatic nitrogens is 3. The van der Waals surface area contributed by atoms with E-state index < -0.39 is 0 Å². The summed E-state index contributed by atoms with van der Waals surface area (Å²) in [4.78, 5) is 14.6. The van der Waals surface area contributed by atoms with E-state index in [1.54, 1.807) is 0 Å². The number of benzene rings is 2. The van der Waals surface area contributed by atoms with Crippen LogP contribution in [0.3, 0.4) is 0 Å². The zero-order valence-electron chi connectivity index (χ0n) is 14.9. The third-order valence-electron chi connectivity index (χ3n) is 4.91. The minimum absolute atomic E-state index is 0.182. The highest BCUT2D eigenvalue weighted by Crippen LogP contribution is 2.24. The lowest BCUT2D eigenvalue weighted by molar-refractivity contribution is -0.129. The predicted octanol–water partition coefficient (Wildman–Crippen LogP) is 3.27. The molecule has 0 spiro atoms. The molecule has 0 aliphatic carbocycles. The van der Waals surface area contributed by atoms with Crippen LogP contribution < -0.4 is 0 Å². The molecule has 1 aromatic heterocycles. The molecule has 2 heterocycles. The van der Waals surface area contributed by atoms with E-state index in [-0.39, 0.29) is 11.9 Å². The van der Waals surface area contributed by atoms with Crippen molar-refractivity contribution in [1.82, 2.24) is 19.9 Å². The van der Waals surface area contributed by atoms with Crippen LogP contribution in [0.4, 0.5) is 0 Å². The fourth-order valence-electron chi connectivity index (χ4n) is 3.49. The second kappa shape index (κ2) is 7.12. The summed E-state index contributed by atoms with van der Waals surface area (Å²) in [5, 5.41) is 8.58. The van der Waals surface area contributed by atoms with Crippen molar-refractivity contribution in [2.75, 3.05) is 13.1 Å². The number of aryl methyl sites for hydroxylation is 1. The van der Waals surface area contributed by atoms with Gasteiger partial charge in [0.1, 0.15) is 5.69 Å². The van der Waals surface area contributed by atoms with Crippen LogP contribution in [0, 0.1) is 6.92 Å². The van der Waals surface area contributed by atoms with Gasteiger partial charge in [-0.05, 0) is 18.9 Å². The van der Waals surface area contributed by atoms with Gasteiger partial charge in [0.2, 0.25) is 5.91 Å². The number of rotatable bonds is 4. The van der Waals surface area contributed by atoms with Crippen molar-refractivity contribution in [3.05, 3.63) is 71.9 Å². The summed E-state index contributed by atoms with van der Waals surface area (Å²) < 4.78 is 1.91. The molecule has 2 aromatic carbocycles. The molecule has 5 heteroatoms. The normalized spacial score (nSPS) is 16.8. The molecule has 1 aliphatic heterocycles. The van der Waals surface area contributed by atoms with Crippen LogP contribution in [-0.4, -0.2) is 38.9 Å². The van der Waals surface area contributed by atoms with Crippen molar-refractivity contribution in [1.29, 1.82) is 0 Å². The molecule has 1 amide bonds. The lowest BCUT2D eigenvalue weighted by atomic mass is 10.1. The summed E-state index contributed by atoms with van der Waals surface area (Å²) in [6.07, 6.45) is 3.35. The molecule has 3 aromatic rings. The first kappa shape index (κ1) is 16.5. The van der Waals surface area contributed by atoms with Gasteiger partial charge in [-0.3, -0.25) is 4.79 Å². The molecule has 132 valence electrons. The fraction of sp³-hybridized carbons (Fsp3) is 0.286. The maximum absolute atomic E-state index is 12.6. The van der Waals surface area contributed by atoms with Gasteiger partial charge in [0.05, 0.1) is 18.7 Å². The van der Waals surface area contributed by atoms with Gasteiger partial charge < -0.3 is 4.90 Å². The highest BCUT2D eigenvalue weighted by molar-refractivity contribution is 5.79. The van der Waals surface area contributed by atoms with E-state index in [9.17, 15) is 4.79 Å². The van der Waals surface area contributed by atoms with E-state index in [4.69, 9.17) is 0 Å². The first-order chi connectivity index (χ1) is 12.7. The number of hydrogen-bond donors (Lipinski definition) is 0. The summed E-state index contributed by atoms with van der Waals surface area (Å²) in [6, 6.07) is 18.4. The maximum atomic E-state index is 12.6. The van der Waals surface area contributed by atoms with Crippen LogP contribution >= 0.6 is 0 Å². The quantitative estimate of drug-likeness (QED) is 0.728. The van der Waals surface area contributed by atoms with Crippen molar-refractivity contribution in [2.24, 2.45) is 0 Å². The predicted molar refractivity (Wildman–Crippen MR) is 101 cm³/mol. The van der Waals surface area contributed by atoms with Crippen LogP contribution in [0.2, 0.25) is 0 Å². The Labute approximate surface area is 153 Å². The Morgan fingerprint density at radius 3 is 2.81 bits per heavy atom. The number of nitrogens with zero attached hydrogens (tertiary/aromatic N) is 4. The van der Waals surface area contributed by atoms with Gasteiger partial charge in [0, 0.05) is 18.7 Å². The number of amides is 1. The highest BCUT2D eigenvalue weighted by Gasteiger charge is 2.28. The van der Waals surface area contributed by atoms with E-state index in [1.165, 1.54) is 5.56 Å². The van der Waals surface area contributed by atoms with E-state index >= 15 is 0 Å². The van der Waals surface area contributed by atoms with Gasteiger partial charge in [-0.15, -0.1) is 5.10 Å². The minimum atomic E-state index is 0.182. The first-order valence-corrected chi connectivity index (χ1v) is 8.99. The zero-order valence-corrected chi connectivity index (χ0v) is 14.9. The molecule has 1 atom stereocenters. The van der Waals surface area contributed by atoms with Gasteiger partial charge in [-0.2, -0.15) is 0 Å². The average Bonchev–Trinajstić information content (AvgIpc) is 3.32. The van der Waals surface area contributed by atoms with Crippen LogP contribution in [0.5, 0.6) is 0 Å². The SMILES string of the molecule is Cc1cccc(CC(=O)N2CC[C@H](n3cc(-c4ccccc4)nn3)C2)c1. The van der Waals surface area contributed by atoms with Gasteiger partial charge in [0.25, 0.3) is 0 Å². The molecule has 1 aliphatic rings. The molecule has 4 rings (SSSR count). The second-order valence-electron chi connectivity index (χ2n) is 6.90. The number of carbonyl (C=O) groups is 1. The first-order valence-electron chi connectivity index (χ1n) is 8.99. The Morgan fingerprint density at radius 1 is 1.15 bits per heavy atom. The van der Waals surface area contributed by atoms with E-state index in [0.29, 0.717) is 13.0 Å². The molecule has 0 radical (unpaired) electrons. The largest absolute Gasteiger partial charge is 0.340 e. The summed E-state index contributed by atoms with van der Waals surface area (Å²) in [7, 11) is 0. The molecule has 0 unspecified atom stereocenters. The standard InChI is InChI=1S/C21H22N4O/c1-16-6-5-7-17(12-16)13-21(26)24-11-10-19(14-24)25-15-20(22-23-25)18-8-3-2-4-9-18/h2-9,12,15,19H,10-11,13-14H2,1H3/t19-/m0/s1. The van der Waals surface area contributed by atoms with Gasteiger partial charge in [-0.1, -0.05) is 65.4 Å². The van der Waals surface area contributed by atoms with Crippen LogP contribution in [-0.2, 0) is 11.2 Å². The molecule has 5 nitrogen and oxygen atoms in total. The van der Waals surface area contributed by atoms with E-state index in [1.807, 2.05) is 58.2 Å². The van der Waals surface area contributed by atoms with Crippen LogP contribution in [0.15, 0.2) is 60.8 Å². The van der Waals surface area contributed by atoms with Crippen LogP contribution in [0.25, 0.3) is 11.3 Å². The van der Waals surface area contributed by atoms with E-state index in [0.717, 1.165) is 29.8 Å².